The highest BCUT2D eigenvalue weighted by Gasteiger charge is 2.15. The molecule has 1 amide bonds. The summed E-state index contributed by atoms with van der Waals surface area (Å²) in [4.78, 5) is 17.2. The predicted molar refractivity (Wildman–Crippen MR) is 130 cm³/mol. The maximum atomic E-state index is 12.5. The molecule has 166 valence electrons. The molecular weight excluding hydrogens is 436 g/mol. The number of thioether (sulfide) groups is 1. The van der Waals surface area contributed by atoms with E-state index in [2.05, 4.69) is 15.5 Å². The molecule has 0 saturated carbocycles. The minimum absolute atomic E-state index is 0.134. The number of amides is 1. The molecule has 0 aliphatic heterocycles. The molecule has 0 bridgehead atoms. The number of ether oxygens (including phenoxy) is 2. The predicted octanol–water partition coefficient (Wildman–Crippen LogP) is 4.95. The lowest BCUT2D eigenvalue weighted by Crippen LogP contribution is -2.14. The van der Waals surface area contributed by atoms with Gasteiger partial charge in [-0.2, -0.15) is 0 Å². The third-order valence-corrected chi connectivity index (χ3v) is 5.60. The van der Waals surface area contributed by atoms with Gasteiger partial charge in [0.2, 0.25) is 11.1 Å². The number of methoxy groups -OCH3 is 2. The van der Waals surface area contributed by atoms with Gasteiger partial charge in [-0.3, -0.25) is 4.79 Å². The second kappa shape index (κ2) is 10.6. The Bertz CT molecular complexity index is 1240. The summed E-state index contributed by atoms with van der Waals surface area (Å²) in [5, 5.41) is 12.0. The van der Waals surface area contributed by atoms with Crippen molar-refractivity contribution >= 4 is 23.4 Å². The van der Waals surface area contributed by atoms with Gasteiger partial charge in [-0.05, 0) is 12.1 Å². The van der Waals surface area contributed by atoms with Crippen LogP contribution in [0.3, 0.4) is 0 Å². The highest BCUT2D eigenvalue weighted by molar-refractivity contribution is 7.99. The van der Waals surface area contributed by atoms with Crippen molar-refractivity contribution in [1.29, 1.82) is 0 Å². The maximum absolute atomic E-state index is 12.5. The van der Waals surface area contributed by atoms with E-state index in [1.165, 1.54) is 11.8 Å². The van der Waals surface area contributed by atoms with Gasteiger partial charge in [-0.15, -0.1) is 10.2 Å². The monoisotopic (exact) mass is 458 g/mol. The fourth-order valence-corrected chi connectivity index (χ4v) is 3.79. The summed E-state index contributed by atoms with van der Waals surface area (Å²) in [5.41, 5.74) is 3.89. The van der Waals surface area contributed by atoms with Gasteiger partial charge in [0.1, 0.15) is 11.4 Å². The Morgan fingerprint density at radius 3 is 2.09 bits per heavy atom. The number of carbonyl (C=O) groups is 1. The molecule has 0 fully saturated rings. The van der Waals surface area contributed by atoms with Crippen LogP contribution in [0.15, 0.2) is 84.0 Å². The first kappa shape index (κ1) is 22.3. The number of anilines is 1. The Kier molecular flexibility index (Phi) is 7.16. The highest BCUT2D eigenvalue weighted by atomic mass is 32.2. The Balaban J connectivity index is 1.51. The average molecular weight is 459 g/mol. The third kappa shape index (κ3) is 5.48. The van der Waals surface area contributed by atoms with Gasteiger partial charge in [0, 0.05) is 22.9 Å². The average Bonchev–Trinajstić information content (AvgIpc) is 2.88. The number of hydrogen-bond acceptors (Lipinski definition) is 7. The number of benzene rings is 3. The molecule has 1 N–H and O–H groups in total. The third-order valence-electron chi connectivity index (χ3n) is 4.76. The zero-order chi connectivity index (χ0) is 23.0. The van der Waals surface area contributed by atoms with Crippen LogP contribution in [-0.2, 0) is 4.79 Å². The van der Waals surface area contributed by atoms with E-state index in [0.717, 1.165) is 16.8 Å². The zero-order valence-corrected chi connectivity index (χ0v) is 19.0. The second-order valence-corrected chi connectivity index (χ2v) is 7.87. The van der Waals surface area contributed by atoms with E-state index < -0.39 is 0 Å². The van der Waals surface area contributed by atoms with Crippen LogP contribution in [0.5, 0.6) is 11.5 Å². The quantitative estimate of drug-likeness (QED) is 0.374. The molecule has 33 heavy (non-hydrogen) atoms. The van der Waals surface area contributed by atoms with Gasteiger partial charge in [0.25, 0.3) is 0 Å². The van der Waals surface area contributed by atoms with Gasteiger partial charge < -0.3 is 14.8 Å². The molecular formula is C25H22N4O3S. The summed E-state index contributed by atoms with van der Waals surface area (Å²) in [6, 6.07) is 24.8. The SMILES string of the molecule is COc1ccc(NC(=O)CSc2nnc(-c3ccccc3)c(-c3ccccc3)n2)cc1OC. The Morgan fingerprint density at radius 2 is 1.45 bits per heavy atom. The van der Waals surface area contributed by atoms with Gasteiger partial charge >= 0.3 is 0 Å². The summed E-state index contributed by atoms with van der Waals surface area (Å²) >= 11 is 1.23. The van der Waals surface area contributed by atoms with E-state index in [0.29, 0.717) is 28.0 Å². The zero-order valence-electron chi connectivity index (χ0n) is 18.2. The molecule has 4 aromatic rings. The lowest BCUT2D eigenvalue weighted by atomic mass is 10.0. The van der Waals surface area contributed by atoms with Gasteiger partial charge in [0.15, 0.2) is 11.5 Å². The Labute approximate surface area is 196 Å². The van der Waals surface area contributed by atoms with Crippen molar-refractivity contribution in [3.05, 3.63) is 78.9 Å². The molecule has 0 atom stereocenters. The molecule has 3 aromatic carbocycles. The minimum Gasteiger partial charge on any atom is -0.493 e. The first-order valence-electron chi connectivity index (χ1n) is 10.2. The molecule has 0 aliphatic carbocycles. The number of nitrogens with zero attached hydrogens (tertiary/aromatic N) is 3. The van der Waals surface area contributed by atoms with Crippen LogP contribution >= 0.6 is 11.8 Å². The topological polar surface area (TPSA) is 86.2 Å². The summed E-state index contributed by atoms with van der Waals surface area (Å²) in [5.74, 6) is 1.08. The van der Waals surface area contributed by atoms with E-state index in [4.69, 9.17) is 14.5 Å². The summed E-state index contributed by atoms with van der Waals surface area (Å²) in [6.45, 7) is 0. The standard InChI is InChI=1S/C25H22N4O3S/c1-31-20-14-13-19(15-21(20)32-2)26-22(30)16-33-25-27-23(17-9-5-3-6-10-17)24(28-29-25)18-11-7-4-8-12-18/h3-15H,16H2,1-2H3,(H,26,30). The van der Waals surface area contributed by atoms with E-state index in [9.17, 15) is 4.79 Å². The molecule has 8 heteroatoms. The van der Waals surface area contributed by atoms with Gasteiger partial charge in [-0.1, -0.05) is 72.4 Å². The van der Waals surface area contributed by atoms with Crippen molar-refractivity contribution in [2.24, 2.45) is 0 Å². The fourth-order valence-electron chi connectivity index (χ4n) is 3.20. The lowest BCUT2D eigenvalue weighted by Gasteiger charge is -2.11. The number of carbonyl (C=O) groups excluding carboxylic acids is 1. The van der Waals surface area contributed by atoms with Crippen molar-refractivity contribution < 1.29 is 14.3 Å². The molecule has 1 aromatic heterocycles. The summed E-state index contributed by atoms with van der Waals surface area (Å²) in [6.07, 6.45) is 0. The molecule has 4 rings (SSSR count). The van der Waals surface area contributed by atoms with Crippen LogP contribution in [0.2, 0.25) is 0 Å². The first-order chi connectivity index (χ1) is 16.2. The van der Waals surface area contributed by atoms with Crippen molar-refractivity contribution in [2.75, 3.05) is 25.3 Å². The van der Waals surface area contributed by atoms with E-state index in [1.807, 2.05) is 60.7 Å². The van der Waals surface area contributed by atoms with Crippen LogP contribution in [-0.4, -0.2) is 41.1 Å². The Morgan fingerprint density at radius 1 is 0.818 bits per heavy atom. The minimum atomic E-state index is -0.191. The highest BCUT2D eigenvalue weighted by Crippen LogP contribution is 2.31. The van der Waals surface area contributed by atoms with Crippen molar-refractivity contribution in [3.8, 4) is 34.0 Å². The number of nitrogens with one attached hydrogen (secondary N) is 1. The van der Waals surface area contributed by atoms with Crippen LogP contribution in [0, 0.1) is 0 Å². The van der Waals surface area contributed by atoms with Crippen LogP contribution in [0.25, 0.3) is 22.5 Å². The summed E-state index contributed by atoms with van der Waals surface area (Å²) < 4.78 is 10.5. The normalized spacial score (nSPS) is 10.5. The largest absolute Gasteiger partial charge is 0.493 e. The van der Waals surface area contributed by atoms with Gasteiger partial charge in [0.05, 0.1) is 20.0 Å². The van der Waals surface area contributed by atoms with Crippen molar-refractivity contribution in [2.45, 2.75) is 5.16 Å². The summed E-state index contributed by atoms with van der Waals surface area (Å²) in [7, 11) is 3.11. The number of aromatic nitrogens is 3. The molecule has 0 spiro atoms. The lowest BCUT2D eigenvalue weighted by molar-refractivity contribution is -0.113. The number of hydrogen-bond donors (Lipinski definition) is 1. The first-order valence-corrected chi connectivity index (χ1v) is 11.2. The molecule has 1 heterocycles. The van der Waals surface area contributed by atoms with Crippen LogP contribution in [0.1, 0.15) is 0 Å². The molecule has 0 unspecified atom stereocenters. The maximum Gasteiger partial charge on any atom is 0.234 e. The molecule has 0 aliphatic rings. The smallest absolute Gasteiger partial charge is 0.234 e. The van der Waals surface area contributed by atoms with E-state index in [-0.39, 0.29) is 11.7 Å². The van der Waals surface area contributed by atoms with E-state index in [1.54, 1.807) is 32.4 Å². The van der Waals surface area contributed by atoms with Crippen LogP contribution in [0.4, 0.5) is 5.69 Å². The van der Waals surface area contributed by atoms with Crippen molar-refractivity contribution in [1.82, 2.24) is 15.2 Å². The number of rotatable bonds is 8. The molecule has 0 radical (unpaired) electrons. The Hall–Kier alpha value is -3.91. The van der Waals surface area contributed by atoms with Gasteiger partial charge in [-0.25, -0.2) is 4.98 Å². The fraction of sp³-hybridized carbons (Fsp3) is 0.120. The van der Waals surface area contributed by atoms with Crippen molar-refractivity contribution in [3.63, 3.8) is 0 Å². The van der Waals surface area contributed by atoms with E-state index >= 15 is 0 Å². The molecule has 0 saturated heterocycles. The second-order valence-electron chi connectivity index (χ2n) is 6.93. The van der Waals surface area contributed by atoms with Crippen LogP contribution < -0.4 is 14.8 Å². The molecule has 7 nitrogen and oxygen atoms in total.